The zero-order chi connectivity index (χ0) is 10.4. The van der Waals surface area contributed by atoms with Crippen molar-refractivity contribution in [2.75, 3.05) is 19.6 Å². The Morgan fingerprint density at radius 1 is 1.33 bits per heavy atom. The van der Waals surface area contributed by atoms with E-state index in [9.17, 15) is 4.79 Å². The van der Waals surface area contributed by atoms with Crippen molar-refractivity contribution in [1.82, 2.24) is 10.2 Å². The second kappa shape index (κ2) is 3.48. The average Bonchev–Trinajstić information content (AvgIpc) is 2.91. The predicted molar refractivity (Wildman–Crippen MR) is 58.4 cm³/mol. The van der Waals surface area contributed by atoms with Crippen molar-refractivity contribution < 1.29 is 4.79 Å². The van der Waals surface area contributed by atoms with Crippen LogP contribution >= 0.6 is 0 Å². The first-order valence-electron chi connectivity index (χ1n) is 6.27. The van der Waals surface area contributed by atoms with Gasteiger partial charge >= 0.3 is 0 Å². The molecule has 1 N–H and O–H groups in total. The van der Waals surface area contributed by atoms with E-state index in [-0.39, 0.29) is 5.92 Å². The molecule has 0 aromatic carbocycles. The van der Waals surface area contributed by atoms with Crippen molar-refractivity contribution in [1.29, 1.82) is 0 Å². The molecule has 1 aliphatic carbocycles. The summed E-state index contributed by atoms with van der Waals surface area (Å²) in [5, 5.41) is 3.32. The highest BCUT2D eigenvalue weighted by Crippen LogP contribution is 2.38. The Morgan fingerprint density at radius 3 is 2.73 bits per heavy atom. The molecule has 2 saturated heterocycles. The summed E-state index contributed by atoms with van der Waals surface area (Å²) in [6, 6.07) is 0.593. The maximum Gasteiger partial charge on any atom is 0.227 e. The lowest BCUT2D eigenvalue weighted by Gasteiger charge is -2.30. The van der Waals surface area contributed by atoms with Crippen LogP contribution in [0.15, 0.2) is 0 Å². The summed E-state index contributed by atoms with van der Waals surface area (Å²) in [4.78, 5) is 14.5. The van der Waals surface area contributed by atoms with Crippen LogP contribution in [0, 0.1) is 17.8 Å². The van der Waals surface area contributed by atoms with Crippen LogP contribution in [0.3, 0.4) is 0 Å². The van der Waals surface area contributed by atoms with Gasteiger partial charge in [-0.3, -0.25) is 4.79 Å². The maximum atomic E-state index is 12.3. The van der Waals surface area contributed by atoms with Crippen LogP contribution in [-0.4, -0.2) is 36.5 Å². The van der Waals surface area contributed by atoms with Gasteiger partial charge < -0.3 is 10.2 Å². The Balaban J connectivity index is 1.69. The molecule has 0 spiro atoms. The third-order valence-electron chi connectivity index (χ3n) is 4.53. The van der Waals surface area contributed by atoms with E-state index in [1.54, 1.807) is 0 Å². The summed E-state index contributed by atoms with van der Waals surface area (Å²) in [6.07, 6.45) is 3.89. The number of hydrogen-bond acceptors (Lipinski definition) is 2. The van der Waals surface area contributed by atoms with Crippen LogP contribution in [0.2, 0.25) is 0 Å². The quantitative estimate of drug-likeness (QED) is 0.693. The average molecular weight is 208 g/mol. The lowest BCUT2D eigenvalue weighted by atomic mass is 9.95. The van der Waals surface area contributed by atoms with E-state index in [0.717, 1.165) is 25.6 Å². The van der Waals surface area contributed by atoms with Gasteiger partial charge in [0.05, 0.1) is 5.92 Å². The minimum atomic E-state index is 0.254. The lowest BCUT2D eigenvalue weighted by molar-refractivity contribution is -0.137. The first-order chi connectivity index (χ1) is 7.25. The number of hydrogen-bond donors (Lipinski definition) is 1. The van der Waals surface area contributed by atoms with E-state index in [1.165, 1.54) is 19.3 Å². The van der Waals surface area contributed by atoms with Crippen molar-refractivity contribution in [3.8, 4) is 0 Å². The summed E-state index contributed by atoms with van der Waals surface area (Å²) < 4.78 is 0. The van der Waals surface area contributed by atoms with E-state index < -0.39 is 0 Å². The normalized spacial score (nSPS) is 43.9. The zero-order valence-electron chi connectivity index (χ0n) is 9.41. The zero-order valence-corrected chi connectivity index (χ0v) is 9.41. The Bertz CT molecular complexity index is 279. The Labute approximate surface area is 91.2 Å². The Kier molecular flexibility index (Phi) is 2.23. The number of carbonyl (C=O) groups is 1. The van der Waals surface area contributed by atoms with E-state index in [1.807, 2.05) is 0 Å². The van der Waals surface area contributed by atoms with Gasteiger partial charge in [0.2, 0.25) is 5.91 Å². The van der Waals surface area contributed by atoms with E-state index in [2.05, 4.69) is 17.1 Å². The molecule has 2 heterocycles. The predicted octanol–water partition coefficient (Wildman–Crippen LogP) is 0.853. The minimum absolute atomic E-state index is 0.254. The first kappa shape index (κ1) is 9.64. The van der Waals surface area contributed by atoms with Crippen LogP contribution in [0.4, 0.5) is 0 Å². The van der Waals surface area contributed by atoms with E-state index in [0.29, 0.717) is 17.9 Å². The van der Waals surface area contributed by atoms with Crippen LogP contribution < -0.4 is 5.32 Å². The van der Waals surface area contributed by atoms with Gasteiger partial charge in [-0.15, -0.1) is 0 Å². The Hall–Kier alpha value is -0.570. The largest absolute Gasteiger partial charge is 0.339 e. The molecule has 3 fully saturated rings. The number of nitrogens with one attached hydrogen (secondary N) is 1. The molecular weight excluding hydrogens is 188 g/mol. The van der Waals surface area contributed by atoms with Crippen molar-refractivity contribution >= 4 is 5.91 Å². The number of fused-ring (bicyclic) bond motifs is 2. The van der Waals surface area contributed by atoms with Gasteiger partial charge in [0.15, 0.2) is 0 Å². The van der Waals surface area contributed by atoms with Gasteiger partial charge in [0.25, 0.3) is 0 Å². The second-order valence-corrected chi connectivity index (χ2v) is 5.57. The fourth-order valence-electron chi connectivity index (χ4n) is 3.55. The summed E-state index contributed by atoms with van der Waals surface area (Å²) in [6.45, 7) is 5.15. The monoisotopic (exact) mass is 208 g/mol. The molecule has 0 aromatic heterocycles. The van der Waals surface area contributed by atoms with E-state index >= 15 is 0 Å². The molecule has 2 bridgehead atoms. The molecule has 0 radical (unpaired) electrons. The molecule has 3 aliphatic rings. The SMILES string of the molecule is C[C@@H]1CNC[C@H]1C(=O)N1CC2CCC1C2. The molecule has 3 rings (SSSR count). The van der Waals surface area contributed by atoms with Crippen LogP contribution in [0.1, 0.15) is 26.2 Å². The third-order valence-corrected chi connectivity index (χ3v) is 4.53. The fourth-order valence-corrected chi connectivity index (χ4v) is 3.55. The van der Waals surface area contributed by atoms with E-state index in [4.69, 9.17) is 0 Å². The van der Waals surface area contributed by atoms with Crippen molar-refractivity contribution in [3.63, 3.8) is 0 Å². The molecule has 3 nitrogen and oxygen atoms in total. The van der Waals surface area contributed by atoms with Gasteiger partial charge in [0, 0.05) is 19.1 Å². The number of likely N-dealkylation sites (tertiary alicyclic amines) is 1. The van der Waals surface area contributed by atoms with Crippen molar-refractivity contribution in [2.45, 2.75) is 32.2 Å². The molecule has 4 atom stereocenters. The number of carbonyl (C=O) groups excluding carboxylic acids is 1. The highest BCUT2D eigenvalue weighted by atomic mass is 16.2. The molecule has 2 aliphatic heterocycles. The maximum absolute atomic E-state index is 12.3. The fraction of sp³-hybridized carbons (Fsp3) is 0.917. The van der Waals surface area contributed by atoms with Crippen molar-refractivity contribution in [2.24, 2.45) is 17.8 Å². The van der Waals surface area contributed by atoms with Gasteiger partial charge in [-0.2, -0.15) is 0 Å². The summed E-state index contributed by atoms with van der Waals surface area (Å²) in [5.74, 6) is 2.03. The number of piperidine rings is 1. The van der Waals surface area contributed by atoms with Crippen LogP contribution in [0.5, 0.6) is 0 Å². The van der Waals surface area contributed by atoms with Crippen molar-refractivity contribution in [3.05, 3.63) is 0 Å². The molecule has 84 valence electrons. The Morgan fingerprint density at radius 2 is 2.20 bits per heavy atom. The molecule has 1 saturated carbocycles. The first-order valence-corrected chi connectivity index (χ1v) is 6.27. The molecular formula is C12H20N2O. The minimum Gasteiger partial charge on any atom is -0.339 e. The molecule has 2 unspecified atom stereocenters. The molecule has 0 aromatic rings. The lowest BCUT2D eigenvalue weighted by Crippen LogP contribution is -2.43. The molecule has 3 heteroatoms. The standard InChI is InChI=1S/C12H20N2O/c1-8-5-13-6-11(8)12(15)14-7-9-2-3-10(14)4-9/h8-11,13H,2-7H2,1H3/t8-,9?,10?,11-/m1/s1. The van der Waals surface area contributed by atoms with Crippen LogP contribution in [0.25, 0.3) is 0 Å². The summed E-state index contributed by atoms with van der Waals surface area (Å²) >= 11 is 0. The van der Waals surface area contributed by atoms with Gasteiger partial charge in [-0.05, 0) is 37.6 Å². The van der Waals surface area contributed by atoms with Gasteiger partial charge in [0.1, 0.15) is 0 Å². The topological polar surface area (TPSA) is 32.3 Å². The molecule has 15 heavy (non-hydrogen) atoms. The number of amides is 1. The highest BCUT2D eigenvalue weighted by Gasteiger charge is 2.43. The number of nitrogens with zero attached hydrogens (tertiary/aromatic N) is 1. The summed E-state index contributed by atoms with van der Waals surface area (Å²) in [7, 11) is 0. The third kappa shape index (κ3) is 1.48. The van der Waals surface area contributed by atoms with Gasteiger partial charge in [-0.1, -0.05) is 6.92 Å². The summed E-state index contributed by atoms with van der Waals surface area (Å²) in [5.41, 5.74) is 0. The highest BCUT2D eigenvalue weighted by molar-refractivity contribution is 5.80. The van der Waals surface area contributed by atoms with Gasteiger partial charge in [-0.25, -0.2) is 0 Å². The molecule has 1 amide bonds. The number of rotatable bonds is 1. The second-order valence-electron chi connectivity index (χ2n) is 5.57. The smallest absolute Gasteiger partial charge is 0.227 e. The van der Waals surface area contributed by atoms with Crippen LogP contribution in [-0.2, 0) is 4.79 Å².